The summed E-state index contributed by atoms with van der Waals surface area (Å²) in [7, 11) is 3.29. The normalized spacial score (nSPS) is 18.4. The van der Waals surface area contributed by atoms with E-state index in [2.05, 4.69) is 10.3 Å². The molecular formula is C29H32N4O6S. The molecule has 0 bridgehead atoms. The fourth-order valence-electron chi connectivity index (χ4n) is 5.11. The van der Waals surface area contributed by atoms with Crippen molar-refractivity contribution in [3.63, 3.8) is 0 Å². The summed E-state index contributed by atoms with van der Waals surface area (Å²) in [6.45, 7) is 4.58. The largest absolute Gasteiger partial charge is 0.496 e. The van der Waals surface area contributed by atoms with E-state index in [4.69, 9.17) is 28.3 Å². The lowest BCUT2D eigenvalue weighted by molar-refractivity contribution is 0.0526. The molecule has 1 N–H and O–H groups in total. The molecule has 2 atom stereocenters. The molecule has 1 saturated heterocycles. The Morgan fingerprint density at radius 1 is 1.20 bits per heavy atom. The average Bonchev–Trinajstić information content (AvgIpc) is 3.69. The molecule has 2 aromatic heterocycles. The lowest BCUT2D eigenvalue weighted by Gasteiger charge is -2.34. The van der Waals surface area contributed by atoms with Gasteiger partial charge in [-0.1, -0.05) is 0 Å². The fraction of sp³-hybridized carbons (Fsp3) is 0.379. The first-order chi connectivity index (χ1) is 19.5. The van der Waals surface area contributed by atoms with E-state index in [9.17, 15) is 4.79 Å². The zero-order valence-electron chi connectivity index (χ0n) is 22.7. The van der Waals surface area contributed by atoms with E-state index < -0.39 is 0 Å². The standard InChI is InChI=1S/C29H32N4O6S/c1-4-37-27(34)19-7-9-20(10-8-19)32-11-5-6-18(15-32)17-38-24-12-21(35-2)13-25-22(24)14-26(39-25)23-16-33-28(30-23)40-29(31-33)36-3/h7-10,12-14,16,18,29,31H,4-6,11,15,17H2,1-3H3/t18-,29?/m1/s1. The second-order valence-corrected chi connectivity index (χ2v) is 10.8. The third-order valence-corrected chi connectivity index (χ3v) is 8.15. The number of carbonyl (C=O) groups excluding carboxylic acids is 1. The summed E-state index contributed by atoms with van der Waals surface area (Å²) >= 11 is 1.50. The number of aromatic nitrogens is 2. The van der Waals surface area contributed by atoms with Gasteiger partial charge >= 0.3 is 5.97 Å². The number of ether oxygens (including phenoxy) is 4. The number of nitrogens with one attached hydrogen (secondary N) is 1. The highest BCUT2D eigenvalue weighted by atomic mass is 32.2. The summed E-state index contributed by atoms with van der Waals surface area (Å²) in [5.41, 5.74) is 6.12. The molecule has 1 unspecified atom stereocenters. The number of thioether (sulfide) groups is 1. The van der Waals surface area contributed by atoms with E-state index >= 15 is 0 Å². The van der Waals surface area contributed by atoms with Crippen molar-refractivity contribution in [3.05, 3.63) is 54.2 Å². The van der Waals surface area contributed by atoms with Gasteiger partial charge in [0.05, 0.1) is 37.5 Å². The SMILES string of the molecule is CCOC(=O)c1ccc(N2CCC[C@@H](COc3cc(OC)cc4oc(-c5cn6c(n5)SC(OC)N6)cc34)C2)cc1. The van der Waals surface area contributed by atoms with Crippen LogP contribution >= 0.6 is 11.8 Å². The summed E-state index contributed by atoms with van der Waals surface area (Å²) in [5.74, 6) is 2.10. The van der Waals surface area contributed by atoms with Crippen LogP contribution in [0.5, 0.6) is 11.5 Å². The number of hydrogen-bond donors (Lipinski definition) is 1. The minimum Gasteiger partial charge on any atom is -0.496 e. The molecule has 2 aliphatic rings. The second-order valence-electron chi connectivity index (χ2n) is 9.77. The molecular weight excluding hydrogens is 532 g/mol. The van der Waals surface area contributed by atoms with Crippen molar-refractivity contribution in [1.82, 2.24) is 9.66 Å². The number of hydrogen-bond acceptors (Lipinski definition) is 10. The van der Waals surface area contributed by atoms with E-state index in [1.807, 2.05) is 60.3 Å². The van der Waals surface area contributed by atoms with Gasteiger partial charge in [0.2, 0.25) is 0 Å². The number of nitrogens with zero attached hydrogens (tertiary/aromatic N) is 3. The average molecular weight is 565 g/mol. The minimum absolute atomic E-state index is 0.156. The Hall–Kier alpha value is -3.83. The zero-order chi connectivity index (χ0) is 27.6. The lowest BCUT2D eigenvalue weighted by atomic mass is 9.98. The molecule has 2 aromatic carbocycles. The summed E-state index contributed by atoms with van der Waals surface area (Å²) < 4.78 is 30.4. The first kappa shape index (κ1) is 26.4. The Balaban J connectivity index is 1.16. The highest BCUT2D eigenvalue weighted by Crippen LogP contribution is 2.39. The molecule has 4 heterocycles. The molecule has 40 heavy (non-hydrogen) atoms. The number of furan rings is 1. The van der Waals surface area contributed by atoms with Crippen molar-refractivity contribution in [3.8, 4) is 23.0 Å². The van der Waals surface area contributed by atoms with Gasteiger partial charge in [0.25, 0.3) is 0 Å². The van der Waals surface area contributed by atoms with Gasteiger partial charge in [-0.25, -0.2) is 14.5 Å². The Bertz CT molecular complexity index is 1480. The molecule has 0 saturated carbocycles. The molecule has 210 valence electrons. The van der Waals surface area contributed by atoms with Crippen molar-refractivity contribution in [2.45, 2.75) is 30.5 Å². The number of rotatable bonds is 9. The highest BCUT2D eigenvalue weighted by molar-refractivity contribution is 7.99. The Morgan fingerprint density at radius 3 is 2.80 bits per heavy atom. The van der Waals surface area contributed by atoms with Crippen LogP contribution < -0.4 is 19.8 Å². The second kappa shape index (κ2) is 11.3. The molecule has 0 radical (unpaired) electrons. The first-order valence-electron chi connectivity index (χ1n) is 13.4. The number of methoxy groups -OCH3 is 2. The zero-order valence-corrected chi connectivity index (χ0v) is 23.5. The van der Waals surface area contributed by atoms with Crippen LogP contribution in [0.25, 0.3) is 22.4 Å². The summed E-state index contributed by atoms with van der Waals surface area (Å²) in [5, 5.41) is 1.69. The van der Waals surface area contributed by atoms with Crippen LogP contribution in [-0.2, 0) is 9.47 Å². The number of carbonyl (C=O) groups is 1. The number of benzene rings is 2. The van der Waals surface area contributed by atoms with E-state index in [-0.39, 0.29) is 11.5 Å². The number of fused-ring (bicyclic) bond motifs is 2. The van der Waals surface area contributed by atoms with Crippen LogP contribution in [-0.4, -0.2) is 61.7 Å². The van der Waals surface area contributed by atoms with Gasteiger partial charge in [-0.15, -0.1) is 0 Å². The van der Waals surface area contributed by atoms with Crippen LogP contribution in [0.1, 0.15) is 30.1 Å². The predicted octanol–water partition coefficient (Wildman–Crippen LogP) is 5.36. The number of piperidine rings is 1. The third-order valence-electron chi connectivity index (χ3n) is 7.14. The first-order valence-corrected chi connectivity index (χ1v) is 14.2. The van der Waals surface area contributed by atoms with Crippen molar-refractivity contribution in [2.24, 2.45) is 5.92 Å². The molecule has 0 aliphatic carbocycles. The van der Waals surface area contributed by atoms with Gasteiger partial charge in [0.1, 0.15) is 22.8 Å². The summed E-state index contributed by atoms with van der Waals surface area (Å²) in [6.07, 6.45) is 4.04. The third kappa shape index (κ3) is 5.31. The summed E-state index contributed by atoms with van der Waals surface area (Å²) in [4.78, 5) is 19.0. The molecule has 6 rings (SSSR count). The van der Waals surface area contributed by atoms with Gasteiger partial charge in [0.15, 0.2) is 16.5 Å². The molecule has 2 aliphatic heterocycles. The van der Waals surface area contributed by atoms with Gasteiger partial charge < -0.3 is 28.3 Å². The smallest absolute Gasteiger partial charge is 0.338 e. The number of anilines is 1. The van der Waals surface area contributed by atoms with E-state index in [0.717, 1.165) is 53.6 Å². The van der Waals surface area contributed by atoms with Gasteiger partial charge in [-0.2, -0.15) is 0 Å². The molecule has 0 spiro atoms. The maximum atomic E-state index is 12.0. The van der Waals surface area contributed by atoms with Crippen molar-refractivity contribution >= 4 is 34.4 Å². The van der Waals surface area contributed by atoms with Crippen molar-refractivity contribution < 1.29 is 28.2 Å². The van der Waals surface area contributed by atoms with Crippen molar-refractivity contribution in [2.75, 3.05) is 50.8 Å². The minimum atomic E-state index is -0.293. The Morgan fingerprint density at radius 2 is 2.05 bits per heavy atom. The predicted molar refractivity (Wildman–Crippen MR) is 153 cm³/mol. The van der Waals surface area contributed by atoms with Crippen LogP contribution in [0.15, 0.2) is 58.2 Å². The molecule has 4 aromatic rings. The molecule has 10 nitrogen and oxygen atoms in total. The quantitative estimate of drug-likeness (QED) is 0.268. The lowest BCUT2D eigenvalue weighted by Crippen LogP contribution is -2.37. The molecule has 0 amide bonds. The maximum absolute atomic E-state index is 12.0. The van der Waals surface area contributed by atoms with E-state index in [0.29, 0.717) is 41.8 Å². The van der Waals surface area contributed by atoms with Crippen LogP contribution in [0.4, 0.5) is 5.69 Å². The molecule has 1 fully saturated rings. The topological polar surface area (TPSA) is 100 Å². The fourth-order valence-corrected chi connectivity index (χ4v) is 5.93. The number of esters is 1. The van der Waals surface area contributed by atoms with Gasteiger partial charge in [-0.05, 0) is 61.9 Å². The van der Waals surface area contributed by atoms with Gasteiger partial charge in [-0.3, -0.25) is 5.43 Å². The monoisotopic (exact) mass is 564 g/mol. The maximum Gasteiger partial charge on any atom is 0.338 e. The van der Waals surface area contributed by atoms with Gasteiger partial charge in [0, 0.05) is 43.9 Å². The van der Waals surface area contributed by atoms with E-state index in [1.165, 1.54) is 11.8 Å². The molecule has 11 heteroatoms. The van der Waals surface area contributed by atoms with Crippen molar-refractivity contribution in [1.29, 1.82) is 0 Å². The van der Waals surface area contributed by atoms with E-state index in [1.54, 1.807) is 14.2 Å². The van der Waals surface area contributed by atoms with Crippen LogP contribution in [0.2, 0.25) is 0 Å². The van der Waals surface area contributed by atoms with Crippen LogP contribution in [0.3, 0.4) is 0 Å². The highest BCUT2D eigenvalue weighted by Gasteiger charge is 2.26. The Kier molecular flexibility index (Phi) is 7.48. The Labute approximate surface area is 236 Å². The summed E-state index contributed by atoms with van der Waals surface area (Å²) in [6, 6.07) is 13.4. The number of imidazole rings is 1. The van der Waals surface area contributed by atoms with Crippen LogP contribution in [0, 0.1) is 5.92 Å².